The molecule has 2 N–H and O–H groups in total. The van der Waals surface area contributed by atoms with Crippen LogP contribution in [0, 0.1) is 6.92 Å². The summed E-state index contributed by atoms with van der Waals surface area (Å²) in [7, 11) is 0. The van der Waals surface area contributed by atoms with Crippen LogP contribution in [0.5, 0.6) is 0 Å². The van der Waals surface area contributed by atoms with Crippen LogP contribution in [0.3, 0.4) is 0 Å². The van der Waals surface area contributed by atoms with Gasteiger partial charge in [-0.2, -0.15) is 0 Å². The molecule has 0 aliphatic carbocycles. The standard InChI is InChI=1S/C19H24N2O3/c1-13-5-7-16-14(12-20-17(16)10-13)11-18(22)21-9-3-2-4-15(21)6-8-19(23)24/h5,7,10,12,15,20H,2-4,6,8-9,11H2,1H3,(H,23,24). The Morgan fingerprint density at radius 2 is 2.17 bits per heavy atom. The van der Waals surface area contributed by atoms with E-state index < -0.39 is 5.97 Å². The zero-order chi connectivity index (χ0) is 17.1. The molecule has 1 aliphatic rings. The number of aromatic nitrogens is 1. The van der Waals surface area contributed by atoms with E-state index in [0.717, 1.165) is 42.3 Å². The maximum atomic E-state index is 12.8. The van der Waals surface area contributed by atoms with Crippen LogP contribution in [0.25, 0.3) is 10.9 Å². The summed E-state index contributed by atoms with van der Waals surface area (Å²) in [6, 6.07) is 6.26. The summed E-state index contributed by atoms with van der Waals surface area (Å²) in [5.41, 5.74) is 3.25. The summed E-state index contributed by atoms with van der Waals surface area (Å²) in [4.78, 5) is 28.8. The number of H-pyrrole nitrogens is 1. The number of carbonyl (C=O) groups is 2. The van der Waals surface area contributed by atoms with Crippen LogP contribution in [-0.4, -0.2) is 39.5 Å². The van der Waals surface area contributed by atoms with E-state index in [1.54, 1.807) is 0 Å². The lowest BCUT2D eigenvalue weighted by Gasteiger charge is -2.35. The number of hydrogen-bond acceptors (Lipinski definition) is 2. The first-order chi connectivity index (χ1) is 11.5. The normalized spacial score (nSPS) is 18.0. The van der Waals surface area contributed by atoms with Gasteiger partial charge in [-0.25, -0.2) is 0 Å². The molecule has 0 saturated carbocycles. The van der Waals surface area contributed by atoms with E-state index in [2.05, 4.69) is 23.2 Å². The topological polar surface area (TPSA) is 73.4 Å². The number of carboxylic acids is 1. The van der Waals surface area contributed by atoms with Gasteiger partial charge in [0.15, 0.2) is 0 Å². The highest BCUT2D eigenvalue weighted by molar-refractivity contribution is 5.89. The van der Waals surface area contributed by atoms with Crippen molar-refractivity contribution in [2.24, 2.45) is 0 Å². The van der Waals surface area contributed by atoms with Crippen LogP contribution in [-0.2, 0) is 16.0 Å². The Kier molecular flexibility index (Phi) is 4.88. The summed E-state index contributed by atoms with van der Waals surface area (Å²) in [5, 5.41) is 10.0. The highest BCUT2D eigenvalue weighted by atomic mass is 16.4. The van der Waals surface area contributed by atoms with Gasteiger partial charge in [0, 0.05) is 36.1 Å². The smallest absolute Gasteiger partial charge is 0.303 e. The van der Waals surface area contributed by atoms with Gasteiger partial charge in [-0.05, 0) is 49.8 Å². The fourth-order valence-electron chi connectivity index (χ4n) is 3.63. The van der Waals surface area contributed by atoms with Gasteiger partial charge in [0.05, 0.1) is 6.42 Å². The van der Waals surface area contributed by atoms with Crippen molar-refractivity contribution >= 4 is 22.8 Å². The molecular weight excluding hydrogens is 304 g/mol. The van der Waals surface area contributed by atoms with E-state index in [0.29, 0.717) is 12.8 Å². The molecule has 0 spiro atoms. The van der Waals surface area contributed by atoms with Crippen molar-refractivity contribution < 1.29 is 14.7 Å². The number of nitrogens with one attached hydrogen (secondary N) is 1. The van der Waals surface area contributed by atoms with E-state index in [4.69, 9.17) is 5.11 Å². The zero-order valence-corrected chi connectivity index (χ0v) is 14.0. The fraction of sp³-hybridized carbons (Fsp3) is 0.474. The Labute approximate surface area is 141 Å². The third-order valence-electron chi connectivity index (χ3n) is 4.90. The second-order valence-corrected chi connectivity index (χ2v) is 6.71. The first-order valence-corrected chi connectivity index (χ1v) is 8.62. The van der Waals surface area contributed by atoms with Crippen LogP contribution in [0.1, 0.15) is 43.2 Å². The molecule has 1 fully saturated rings. The van der Waals surface area contributed by atoms with Crippen molar-refractivity contribution in [3.05, 3.63) is 35.5 Å². The van der Waals surface area contributed by atoms with Crippen molar-refractivity contribution in [3.63, 3.8) is 0 Å². The van der Waals surface area contributed by atoms with Crippen molar-refractivity contribution in [1.82, 2.24) is 9.88 Å². The number of benzene rings is 1. The molecule has 1 aliphatic heterocycles. The second kappa shape index (κ2) is 7.07. The van der Waals surface area contributed by atoms with Gasteiger partial charge < -0.3 is 15.0 Å². The van der Waals surface area contributed by atoms with Crippen molar-refractivity contribution in [2.75, 3.05) is 6.54 Å². The van der Waals surface area contributed by atoms with Crippen LogP contribution < -0.4 is 0 Å². The molecule has 1 aromatic carbocycles. The highest BCUT2D eigenvalue weighted by Crippen LogP contribution is 2.24. The summed E-state index contributed by atoms with van der Waals surface area (Å²) >= 11 is 0. The Hall–Kier alpha value is -2.30. The fourth-order valence-corrected chi connectivity index (χ4v) is 3.63. The number of fused-ring (bicyclic) bond motifs is 1. The SMILES string of the molecule is Cc1ccc2c(CC(=O)N3CCCCC3CCC(=O)O)c[nH]c2c1. The van der Waals surface area contributed by atoms with Crippen LogP contribution in [0.4, 0.5) is 0 Å². The number of likely N-dealkylation sites (tertiary alicyclic amines) is 1. The molecule has 0 radical (unpaired) electrons. The van der Waals surface area contributed by atoms with Gasteiger partial charge in [-0.15, -0.1) is 0 Å². The molecule has 2 heterocycles. The Bertz CT molecular complexity index is 750. The number of aromatic amines is 1. The lowest BCUT2D eigenvalue weighted by Crippen LogP contribution is -2.44. The highest BCUT2D eigenvalue weighted by Gasteiger charge is 2.27. The molecule has 128 valence electrons. The second-order valence-electron chi connectivity index (χ2n) is 6.71. The van der Waals surface area contributed by atoms with E-state index in [9.17, 15) is 9.59 Å². The predicted octanol–water partition coefficient (Wildman–Crippen LogP) is 3.26. The maximum Gasteiger partial charge on any atom is 0.303 e. The van der Waals surface area contributed by atoms with Crippen LogP contribution in [0.15, 0.2) is 24.4 Å². The molecular formula is C19H24N2O3. The van der Waals surface area contributed by atoms with Crippen molar-refractivity contribution in [3.8, 4) is 0 Å². The third kappa shape index (κ3) is 3.61. The Balaban J connectivity index is 1.73. The third-order valence-corrected chi connectivity index (χ3v) is 4.90. The van der Waals surface area contributed by atoms with Crippen molar-refractivity contribution in [1.29, 1.82) is 0 Å². The number of hydrogen-bond donors (Lipinski definition) is 2. The van der Waals surface area contributed by atoms with Crippen molar-refractivity contribution in [2.45, 2.75) is 51.5 Å². The lowest BCUT2D eigenvalue weighted by molar-refractivity contribution is -0.139. The van der Waals surface area contributed by atoms with E-state index in [-0.39, 0.29) is 18.4 Å². The van der Waals surface area contributed by atoms with Crippen LogP contribution >= 0.6 is 0 Å². The summed E-state index contributed by atoms with van der Waals surface area (Å²) in [5.74, 6) is -0.688. The molecule has 5 heteroatoms. The number of aryl methyl sites for hydroxylation is 1. The Morgan fingerprint density at radius 3 is 2.96 bits per heavy atom. The molecule has 1 amide bonds. The number of amides is 1. The molecule has 2 aromatic rings. The molecule has 0 bridgehead atoms. The number of nitrogens with zero attached hydrogens (tertiary/aromatic N) is 1. The summed E-state index contributed by atoms with van der Waals surface area (Å²) in [6.45, 7) is 2.79. The van der Waals surface area contributed by atoms with Gasteiger partial charge in [0.2, 0.25) is 5.91 Å². The summed E-state index contributed by atoms with van der Waals surface area (Å²) in [6.07, 6.45) is 5.94. The minimum absolute atomic E-state index is 0.0646. The van der Waals surface area contributed by atoms with Gasteiger partial charge in [-0.3, -0.25) is 9.59 Å². The van der Waals surface area contributed by atoms with Gasteiger partial charge in [-0.1, -0.05) is 12.1 Å². The first-order valence-electron chi connectivity index (χ1n) is 8.62. The van der Waals surface area contributed by atoms with Crippen LogP contribution in [0.2, 0.25) is 0 Å². The average Bonchev–Trinajstić information content (AvgIpc) is 2.95. The average molecular weight is 328 g/mol. The quantitative estimate of drug-likeness (QED) is 0.885. The number of rotatable bonds is 5. The van der Waals surface area contributed by atoms with E-state index >= 15 is 0 Å². The molecule has 3 rings (SSSR count). The monoisotopic (exact) mass is 328 g/mol. The minimum Gasteiger partial charge on any atom is -0.481 e. The Morgan fingerprint density at radius 1 is 1.33 bits per heavy atom. The maximum absolute atomic E-state index is 12.8. The minimum atomic E-state index is -0.792. The number of piperidine rings is 1. The lowest BCUT2D eigenvalue weighted by atomic mass is 9.97. The largest absolute Gasteiger partial charge is 0.481 e. The number of carboxylic acid groups (broad SMARTS) is 1. The molecule has 1 atom stereocenters. The van der Waals surface area contributed by atoms with Gasteiger partial charge >= 0.3 is 5.97 Å². The summed E-state index contributed by atoms with van der Waals surface area (Å²) < 4.78 is 0. The molecule has 24 heavy (non-hydrogen) atoms. The number of aliphatic carboxylic acids is 1. The first kappa shape index (κ1) is 16.6. The van der Waals surface area contributed by atoms with E-state index in [1.807, 2.05) is 18.0 Å². The molecule has 1 unspecified atom stereocenters. The molecule has 1 saturated heterocycles. The predicted molar refractivity (Wildman–Crippen MR) is 93.0 cm³/mol. The molecule has 5 nitrogen and oxygen atoms in total. The zero-order valence-electron chi connectivity index (χ0n) is 14.0. The van der Waals surface area contributed by atoms with E-state index in [1.165, 1.54) is 5.56 Å². The number of carbonyl (C=O) groups excluding carboxylic acids is 1. The van der Waals surface area contributed by atoms with Gasteiger partial charge in [0.25, 0.3) is 0 Å². The van der Waals surface area contributed by atoms with Gasteiger partial charge in [0.1, 0.15) is 0 Å². The molecule has 1 aromatic heterocycles.